The van der Waals surface area contributed by atoms with Gasteiger partial charge in [-0.05, 0) is 30.7 Å². The molecule has 1 aliphatic carbocycles. The molecule has 1 amide bonds. The molecular weight excluding hydrogens is 250 g/mol. The zero-order valence-corrected chi connectivity index (χ0v) is 11.9. The van der Waals surface area contributed by atoms with Crippen LogP contribution >= 0.6 is 0 Å². The Morgan fingerprint density at radius 2 is 2.05 bits per heavy atom. The van der Waals surface area contributed by atoms with Gasteiger partial charge in [0, 0.05) is 6.54 Å². The third-order valence-corrected chi connectivity index (χ3v) is 4.50. The SMILES string of the molecule is CCCN1C(=O)C(c2ccccc2)(C2CCC2)N=C1N. The smallest absolute Gasteiger partial charge is 0.262 e. The van der Waals surface area contributed by atoms with Gasteiger partial charge in [-0.2, -0.15) is 0 Å². The Hall–Kier alpha value is -1.84. The summed E-state index contributed by atoms with van der Waals surface area (Å²) in [6, 6.07) is 9.91. The third kappa shape index (κ3) is 1.74. The molecule has 0 radical (unpaired) electrons. The maximum atomic E-state index is 13.0. The van der Waals surface area contributed by atoms with Crippen molar-refractivity contribution in [1.29, 1.82) is 0 Å². The molecule has 4 heteroatoms. The Kier molecular flexibility index (Phi) is 3.24. The molecule has 4 nitrogen and oxygen atoms in total. The molecule has 0 bridgehead atoms. The van der Waals surface area contributed by atoms with Crippen LogP contribution in [0, 0.1) is 5.92 Å². The van der Waals surface area contributed by atoms with Gasteiger partial charge >= 0.3 is 0 Å². The van der Waals surface area contributed by atoms with Crippen LogP contribution in [0.15, 0.2) is 35.3 Å². The van der Waals surface area contributed by atoms with E-state index >= 15 is 0 Å². The van der Waals surface area contributed by atoms with Gasteiger partial charge in [0.15, 0.2) is 11.5 Å². The lowest BCUT2D eigenvalue weighted by atomic mass is 9.67. The van der Waals surface area contributed by atoms with E-state index < -0.39 is 5.54 Å². The van der Waals surface area contributed by atoms with Crippen molar-refractivity contribution in [3.8, 4) is 0 Å². The van der Waals surface area contributed by atoms with E-state index in [0.717, 1.165) is 24.8 Å². The molecule has 2 N–H and O–H groups in total. The first kappa shape index (κ1) is 13.2. The van der Waals surface area contributed by atoms with Gasteiger partial charge in [0.2, 0.25) is 0 Å². The highest BCUT2D eigenvalue weighted by molar-refractivity contribution is 6.07. The Labute approximate surface area is 119 Å². The van der Waals surface area contributed by atoms with Crippen LogP contribution in [0.1, 0.15) is 38.2 Å². The van der Waals surface area contributed by atoms with E-state index in [0.29, 0.717) is 12.5 Å². The molecule has 1 unspecified atom stereocenters. The first-order chi connectivity index (χ1) is 9.70. The number of guanidine groups is 1. The number of hydrogen-bond donors (Lipinski definition) is 1. The zero-order chi connectivity index (χ0) is 14.2. The highest BCUT2D eigenvalue weighted by atomic mass is 16.2. The van der Waals surface area contributed by atoms with Gasteiger partial charge in [0.25, 0.3) is 5.91 Å². The van der Waals surface area contributed by atoms with E-state index in [1.165, 1.54) is 6.42 Å². The van der Waals surface area contributed by atoms with Gasteiger partial charge in [-0.1, -0.05) is 43.7 Å². The van der Waals surface area contributed by atoms with Gasteiger partial charge in [-0.3, -0.25) is 9.69 Å². The van der Waals surface area contributed by atoms with Crippen molar-refractivity contribution in [1.82, 2.24) is 4.90 Å². The number of nitrogens with zero attached hydrogens (tertiary/aromatic N) is 2. The molecule has 3 rings (SSSR count). The predicted octanol–water partition coefficient (Wildman–Crippen LogP) is 2.25. The lowest BCUT2D eigenvalue weighted by molar-refractivity contribution is -0.134. The first-order valence-corrected chi connectivity index (χ1v) is 7.43. The lowest BCUT2D eigenvalue weighted by Gasteiger charge is -2.39. The predicted molar refractivity (Wildman–Crippen MR) is 79.1 cm³/mol. The largest absolute Gasteiger partial charge is 0.369 e. The summed E-state index contributed by atoms with van der Waals surface area (Å²) in [5.74, 6) is 0.734. The van der Waals surface area contributed by atoms with Crippen molar-refractivity contribution in [3.05, 3.63) is 35.9 Å². The van der Waals surface area contributed by atoms with E-state index in [4.69, 9.17) is 5.73 Å². The van der Waals surface area contributed by atoms with E-state index in [-0.39, 0.29) is 11.8 Å². The number of carbonyl (C=O) groups is 1. The van der Waals surface area contributed by atoms with Gasteiger partial charge in [-0.15, -0.1) is 0 Å². The van der Waals surface area contributed by atoms with Crippen molar-refractivity contribution in [2.45, 2.75) is 38.1 Å². The lowest BCUT2D eigenvalue weighted by Crippen LogP contribution is -2.48. The monoisotopic (exact) mass is 271 g/mol. The topological polar surface area (TPSA) is 58.7 Å². The summed E-state index contributed by atoms with van der Waals surface area (Å²) in [6.45, 7) is 2.70. The van der Waals surface area contributed by atoms with Crippen LogP contribution in [0.5, 0.6) is 0 Å². The average Bonchev–Trinajstić information content (AvgIpc) is 2.64. The Morgan fingerprint density at radius 1 is 1.35 bits per heavy atom. The van der Waals surface area contributed by atoms with Gasteiger partial charge in [0.05, 0.1) is 0 Å². The van der Waals surface area contributed by atoms with E-state index in [9.17, 15) is 4.79 Å². The van der Waals surface area contributed by atoms with Crippen molar-refractivity contribution in [3.63, 3.8) is 0 Å². The summed E-state index contributed by atoms with van der Waals surface area (Å²) in [6.07, 6.45) is 4.17. The molecule has 1 heterocycles. The Balaban J connectivity index is 2.07. The molecule has 0 spiro atoms. The summed E-state index contributed by atoms with van der Waals surface area (Å²) >= 11 is 0. The van der Waals surface area contributed by atoms with Crippen molar-refractivity contribution in [2.24, 2.45) is 16.6 Å². The second kappa shape index (κ2) is 4.93. The second-order valence-corrected chi connectivity index (χ2v) is 5.69. The summed E-state index contributed by atoms with van der Waals surface area (Å²) in [4.78, 5) is 19.3. The molecule has 20 heavy (non-hydrogen) atoms. The van der Waals surface area contributed by atoms with Crippen LogP contribution in [0.25, 0.3) is 0 Å². The van der Waals surface area contributed by atoms with Crippen LogP contribution in [0.4, 0.5) is 0 Å². The van der Waals surface area contributed by atoms with Gasteiger partial charge in [-0.25, -0.2) is 4.99 Å². The molecule has 1 saturated carbocycles. The van der Waals surface area contributed by atoms with Crippen molar-refractivity contribution in [2.75, 3.05) is 6.54 Å². The average molecular weight is 271 g/mol. The van der Waals surface area contributed by atoms with Crippen LogP contribution in [-0.2, 0) is 10.3 Å². The van der Waals surface area contributed by atoms with Gasteiger partial charge in [0.1, 0.15) is 0 Å². The molecule has 106 valence electrons. The van der Waals surface area contributed by atoms with E-state index in [1.54, 1.807) is 4.90 Å². The summed E-state index contributed by atoms with van der Waals surface area (Å²) in [7, 11) is 0. The number of rotatable bonds is 4. The fourth-order valence-electron chi connectivity index (χ4n) is 3.25. The number of amides is 1. The number of aliphatic imine (C=N–C) groups is 1. The molecule has 2 aliphatic rings. The molecule has 0 saturated heterocycles. The minimum atomic E-state index is -0.765. The zero-order valence-electron chi connectivity index (χ0n) is 11.9. The van der Waals surface area contributed by atoms with Crippen LogP contribution < -0.4 is 5.73 Å². The molecule has 1 atom stereocenters. The second-order valence-electron chi connectivity index (χ2n) is 5.69. The maximum absolute atomic E-state index is 13.0. The number of nitrogens with two attached hydrogens (primary N) is 1. The van der Waals surface area contributed by atoms with Crippen LogP contribution in [-0.4, -0.2) is 23.3 Å². The third-order valence-electron chi connectivity index (χ3n) is 4.50. The summed E-state index contributed by atoms with van der Waals surface area (Å²) < 4.78 is 0. The molecule has 1 aliphatic heterocycles. The molecule has 1 aromatic carbocycles. The number of hydrogen-bond acceptors (Lipinski definition) is 3. The standard InChI is InChI=1S/C16H21N3O/c1-2-11-19-14(20)16(18-15(19)17,13-9-6-10-13)12-7-4-3-5-8-12/h3-5,7-8,13H,2,6,9-11H2,1H3,(H2,17,18). The van der Waals surface area contributed by atoms with Crippen LogP contribution in [0.2, 0.25) is 0 Å². The minimum absolute atomic E-state index is 0.0627. The quantitative estimate of drug-likeness (QED) is 0.913. The number of benzene rings is 1. The Morgan fingerprint density at radius 3 is 2.60 bits per heavy atom. The molecule has 1 aromatic rings. The van der Waals surface area contributed by atoms with E-state index in [1.807, 2.05) is 37.3 Å². The highest BCUT2D eigenvalue weighted by Crippen LogP contribution is 2.48. The van der Waals surface area contributed by atoms with Crippen LogP contribution in [0.3, 0.4) is 0 Å². The fraction of sp³-hybridized carbons (Fsp3) is 0.500. The molecule has 0 aromatic heterocycles. The fourth-order valence-corrected chi connectivity index (χ4v) is 3.25. The highest BCUT2D eigenvalue weighted by Gasteiger charge is 2.55. The summed E-state index contributed by atoms with van der Waals surface area (Å²) in [5.41, 5.74) is 6.26. The molecular formula is C16H21N3O. The first-order valence-electron chi connectivity index (χ1n) is 7.43. The maximum Gasteiger partial charge on any atom is 0.262 e. The van der Waals surface area contributed by atoms with Gasteiger partial charge < -0.3 is 5.73 Å². The molecule has 1 fully saturated rings. The summed E-state index contributed by atoms with van der Waals surface area (Å²) in [5, 5.41) is 0. The number of carbonyl (C=O) groups excluding carboxylic acids is 1. The van der Waals surface area contributed by atoms with Crippen molar-refractivity contribution < 1.29 is 4.79 Å². The van der Waals surface area contributed by atoms with E-state index in [2.05, 4.69) is 4.99 Å². The Bertz CT molecular complexity index is 536. The normalized spacial score (nSPS) is 26.6. The minimum Gasteiger partial charge on any atom is -0.369 e. The van der Waals surface area contributed by atoms with Crippen molar-refractivity contribution >= 4 is 11.9 Å².